The fourth-order valence-corrected chi connectivity index (χ4v) is 3.30. The van der Waals surface area contributed by atoms with Crippen molar-refractivity contribution in [3.63, 3.8) is 0 Å². The molecule has 5 nitrogen and oxygen atoms in total. The first-order valence-corrected chi connectivity index (χ1v) is 9.09. The zero-order valence-electron chi connectivity index (χ0n) is 15.1. The Morgan fingerprint density at radius 1 is 1.20 bits per heavy atom. The van der Waals surface area contributed by atoms with E-state index in [4.69, 9.17) is 0 Å². The van der Waals surface area contributed by atoms with Crippen LogP contribution in [0.3, 0.4) is 0 Å². The zero-order valence-corrected chi connectivity index (χ0v) is 15.1. The third kappa shape index (κ3) is 4.35. The molecule has 1 atom stereocenters. The molecule has 1 saturated heterocycles. The van der Waals surface area contributed by atoms with E-state index in [9.17, 15) is 4.79 Å². The van der Waals surface area contributed by atoms with Crippen LogP contribution in [-0.2, 0) is 6.54 Å². The number of nitrogens with zero attached hydrogens (tertiary/aromatic N) is 4. The monoisotopic (exact) mass is 338 g/mol. The van der Waals surface area contributed by atoms with E-state index in [0.717, 1.165) is 38.4 Å². The molecule has 0 saturated carbocycles. The second-order valence-electron chi connectivity index (χ2n) is 6.78. The number of likely N-dealkylation sites (tertiary alicyclic amines) is 1. The number of aromatic nitrogens is 2. The summed E-state index contributed by atoms with van der Waals surface area (Å²) in [4.78, 5) is 16.7. The molecule has 5 heteroatoms. The van der Waals surface area contributed by atoms with Gasteiger partial charge in [0.05, 0.1) is 0 Å². The summed E-state index contributed by atoms with van der Waals surface area (Å²) >= 11 is 0. The Morgan fingerprint density at radius 2 is 2.00 bits per heavy atom. The van der Waals surface area contributed by atoms with Crippen molar-refractivity contribution in [1.82, 2.24) is 15.1 Å². The number of hydrogen-bond donors (Lipinski definition) is 0. The van der Waals surface area contributed by atoms with E-state index in [0.29, 0.717) is 11.6 Å². The molecule has 0 radical (unpaired) electrons. The van der Waals surface area contributed by atoms with Gasteiger partial charge in [0.2, 0.25) is 0 Å². The maximum atomic E-state index is 12.6. The number of piperidine rings is 1. The predicted octanol–water partition coefficient (Wildman–Crippen LogP) is 3.38. The van der Waals surface area contributed by atoms with Gasteiger partial charge >= 0.3 is 0 Å². The number of anilines is 1. The summed E-state index contributed by atoms with van der Waals surface area (Å²) in [6, 6.07) is 14.0. The van der Waals surface area contributed by atoms with Crippen LogP contribution in [0, 0.1) is 5.92 Å². The van der Waals surface area contributed by atoms with Crippen LogP contribution < -0.4 is 4.90 Å². The van der Waals surface area contributed by atoms with Gasteiger partial charge in [0.15, 0.2) is 11.5 Å². The molecule has 1 aromatic heterocycles. The van der Waals surface area contributed by atoms with E-state index in [1.54, 1.807) is 6.07 Å². The molecular weight excluding hydrogens is 312 g/mol. The van der Waals surface area contributed by atoms with E-state index in [-0.39, 0.29) is 5.91 Å². The standard InChI is InChI=1S/C20H26N4O/c1-3-23(15-17-9-5-4-6-10-17)19-12-11-18(21-22-19)20(25)24-13-7-8-16(2)14-24/h4-6,9-12,16H,3,7-8,13-15H2,1-2H3. The van der Waals surface area contributed by atoms with Gasteiger partial charge in [-0.3, -0.25) is 4.79 Å². The van der Waals surface area contributed by atoms with Gasteiger partial charge in [-0.15, -0.1) is 10.2 Å². The molecule has 1 unspecified atom stereocenters. The second-order valence-corrected chi connectivity index (χ2v) is 6.78. The largest absolute Gasteiger partial charge is 0.351 e. The average molecular weight is 338 g/mol. The minimum absolute atomic E-state index is 0.00305. The molecule has 132 valence electrons. The van der Waals surface area contributed by atoms with Crippen molar-refractivity contribution in [3.8, 4) is 0 Å². The summed E-state index contributed by atoms with van der Waals surface area (Å²) in [5.41, 5.74) is 1.67. The summed E-state index contributed by atoms with van der Waals surface area (Å²) in [5, 5.41) is 8.52. The van der Waals surface area contributed by atoms with Gasteiger partial charge in [0.1, 0.15) is 0 Å². The lowest BCUT2D eigenvalue weighted by atomic mass is 10.00. The van der Waals surface area contributed by atoms with Crippen molar-refractivity contribution in [3.05, 3.63) is 53.7 Å². The summed E-state index contributed by atoms with van der Waals surface area (Å²) in [6.07, 6.45) is 2.26. The molecule has 25 heavy (non-hydrogen) atoms. The molecular formula is C20H26N4O. The van der Waals surface area contributed by atoms with E-state index in [2.05, 4.69) is 41.1 Å². The molecule has 3 rings (SSSR count). The highest BCUT2D eigenvalue weighted by atomic mass is 16.2. The maximum Gasteiger partial charge on any atom is 0.274 e. The molecule has 0 aliphatic carbocycles. The normalized spacial score (nSPS) is 17.4. The quantitative estimate of drug-likeness (QED) is 0.839. The van der Waals surface area contributed by atoms with Crippen molar-refractivity contribution < 1.29 is 4.79 Å². The molecule has 1 fully saturated rings. The SMILES string of the molecule is CCN(Cc1ccccc1)c1ccc(C(=O)N2CCCC(C)C2)nn1. The Balaban J connectivity index is 1.69. The minimum Gasteiger partial charge on any atom is -0.351 e. The number of rotatable bonds is 5. The first-order chi connectivity index (χ1) is 12.2. The Bertz CT molecular complexity index is 687. The van der Waals surface area contributed by atoms with Gasteiger partial charge < -0.3 is 9.80 Å². The Morgan fingerprint density at radius 3 is 2.64 bits per heavy atom. The lowest BCUT2D eigenvalue weighted by Crippen LogP contribution is -2.39. The Hall–Kier alpha value is -2.43. The highest BCUT2D eigenvalue weighted by Crippen LogP contribution is 2.18. The van der Waals surface area contributed by atoms with E-state index < -0.39 is 0 Å². The fraction of sp³-hybridized carbons (Fsp3) is 0.450. The van der Waals surface area contributed by atoms with E-state index in [1.807, 2.05) is 29.2 Å². The summed E-state index contributed by atoms with van der Waals surface area (Å²) in [6.45, 7) is 7.54. The van der Waals surface area contributed by atoms with Gasteiger partial charge in [-0.05, 0) is 43.4 Å². The lowest BCUT2D eigenvalue weighted by Gasteiger charge is -2.30. The number of benzene rings is 1. The smallest absolute Gasteiger partial charge is 0.274 e. The topological polar surface area (TPSA) is 49.3 Å². The molecule has 1 aliphatic heterocycles. The number of carbonyl (C=O) groups is 1. The van der Waals surface area contributed by atoms with Crippen molar-refractivity contribution in [1.29, 1.82) is 0 Å². The molecule has 0 spiro atoms. The van der Waals surface area contributed by atoms with Gasteiger partial charge in [-0.25, -0.2) is 0 Å². The van der Waals surface area contributed by atoms with Crippen molar-refractivity contribution >= 4 is 11.7 Å². The van der Waals surface area contributed by atoms with E-state index in [1.165, 1.54) is 12.0 Å². The van der Waals surface area contributed by atoms with Crippen LogP contribution in [-0.4, -0.2) is 40.6 Å². The highest BCUT2D eigenvalue weighted by Gasteiger charge is 2.23. The number of carbonyl (C=O) groups excluding carboxylic acids is 1. The van der Waals surface area contributed by atoms with Gasteiger partial charge in [0.25, 0.3) is 5.91 Å². The van der Waals surface area contributed by atoms with Gasteiger partial charge in [0, 0.05) is 26.2 Å². The molecule has 2 heterocycles. The lowest BCUT2D eigenvalue weighted by molar-refractivity contribution is 0.0676. The van der Waals surface area contributed by atoms with Crippen LogP contribution in [0.2, 0.25) is 0 Å². The summed E-state index contributed by atoms with van der Waals surface area (Å²) in [5.74, 6) is 1.36. The van der Waals surface area contributed by atoms with Crippen molar-refractivity contribution in [2.75, 3.05) is 24.5 Å². The third-order valence-electron chi connectivity index (χ3n) is 4.74. The number of amides is 1. The summed E-state index contributed by atoms with van der Waals surface area (Å²) in [7, 11) is 0. The fourth-order valence-electron chi connectivity index (χ4n) is 3.30. The number of hydrogen-bond acceptors (Lipinski definition) is 4. The van der Waals surface area contributed by atoms with Crippen LogP contribution in [0.15, 0.2) is 42.5 Å². The summed E-state index contributed by atoms with van der Waals surface area (Å²) < 4.78 is 0. The molecule has 1 aliphatic rings. The Labute approximate surface area is 149 Å². The molecule has 2 aromatic rings. The van der Waals surface area contributed by atoms with E-state index >= 15 is 0 Å². The Kier molecular flexibility index (Phi) is 5.64. The van der Waals surface area contributed by atoms with Crippen LogP contribution >= 0.6 is 0 Å². The van der Waals surface area contributed by atoms with Gasteiger partial charge in [-0.2, -0.15) is 0 Å². The van der Waals surface area contributed by atoms with Crippen LogP contribution in [0.25, 0.3) is 0 Å². The van der Waals surface area contributed by atoms with Gasteiger partial charge in [-0.1, -0.05) is 37.3 Å². The molecule has 1 aromatic carbocycles. The molecule has 1 amide bonds. The van der Waals surface area contributed by atoms with Crippen LogP contribution in [0.5, 0.6) is 0 Å². The van der Waals surface area contributed by atoms with Crippen LogP contribution in [0.1, 0.15) is 42.7 Å². The minimum atomic E-state index is -0.00305. The third-order valence-corrected chi connectivity index (χ3v) is 4.74. The zero-order chi connectivity index (χ0) is 17.6. The first-order valence-electron chi connectivity index (χ1n) is 9.09. The van der Waals surface area contributed by atoms with Crippen molar-refractivity contribution in [2.24, 2.45) is 5.92 Å². The molecule has 0 N–H and O–H groups in total. The van der Waals surface area contributed by atoms with Crippen molar-refractivity contribution in [2.45, 2.75) is 33.2 Å². The van der Waals surface area contributed by atoms with Crippen LogP contribution in [0.4, 0.5) is 5.82 Å². The molecule has 0 bridgehead atoms. The first kappa shape index (κ1) is 17.4. The highest BCUT2D eigenvalue weighted by molar-refractivity contribution is 5.92. The average Bonchev–Trinajstić information content (AvgIpc) is 2.66. The maximum absolute atomic E-state index is 12.6. The second kappa shape index (κ2) is 8.10. The predicted molar refractivity (Wildman–Crippen MR) is 99.5 cm³/mol.